The number of nitrogens with two attached hydrogens (primary N) is 1. The average molecular weight is 289 g/mol. The second-order valence-corrected chi connectivity index (χ2v) is 5.14. The Hall–Kier alpha value is -1.88. The Morgan fingerprint density at radius 1 is 1.40 bits per heavy atom. The Morgan fingerprint density at radius 3 is 2.85 bits per heavy atom. The average Bonchev–Trinajstić information content (AvgIpc) is 2.75. The zero-order valence-corrected chi connectivity index (χ0v) is 12.6. The third kappa shape index (κ3) is 3.57. The summed E-state index contributed by atoms with van der Waals surface area (Å²) in [4.78, 5) is 4.67. The van der Waals surface area contributed by atoms with Crippen LogP contribution in [0.4, 0.5) is 0 Å². The van der Waals surface area contributed by atoms with Crippen LogP contribution in [-0.4, -0.2) is 21.1 Å². The first kappa shape index (κ1) is 14.5. The third-order valence-corrected chi connectivity index (χ3v) is 3.51. The Labute approximate surface area is 124 Å². The molecule has 0 radical (unpaired) electrons. The van der Waals surface area contributed by atoms with Gasteiger partial charge in [-0.15, -0.1) is 0 Å². The van der Waals surface area contributed by atoms with Gasteiger partial charge in [0.2, 0.25) is 0 Å². The minimum Gasteiger partial charge on any atom is -0.494 e. The van der Waals surface area contributed by atoms with Gasteiger partial charge >= 0.3 is 0 Å². The van der Waals surface area contributed by atoms with Crippen LogP contribution in [0.5, 0.6) is 5.75 Å². The van der Waals surface area contributed by atoms with E-state index in [9.17, 15) is 0 Å². The van der Waals surface area contributed by atoms with Gasteiger partial charge in [0.05, 0.1) is 18.6 Å². The Kier molecular flexibility index (Phi) is 4.74. The number of hydrogen-bond donors (Lipinski definition) is 1. The fourth-order valence-corrected chi connectivity index (χ4v) is 2.06. The van der Waals surface area contributed by atoms with Gasteiger partial charge in [0.1, 0.15) is 10.7 Å². The predicted molar refractivity (Wildman–Crippen MR) is 84.1 cm³/mol. The van der Waals surface area contributed by atoms with Crippen molar-refractivity contribution in [1.29, 1.82) is 0 Å². The summed E-state index contributed by atoms with van der Waals surface area (Å²) in [6, 6.07) is 7.56. The van der Waals surface area contributed by atoms with Gasteiger partial charge < -0.3 is 15.0 Å². The summed E-state index contributed by atoms with van der Waals surface area (Å²) in [7, 11) is 0. The molecular formula is C15H19N3OS. The van der Waals surface area contributed by atoms with Crippen LogP contribution < -0.4 is 10.5 Å². The molecule has 106 valence electrons. The summed E-state index contributed by atoms with van der Waals surface area (Å²) in [6.07, 6.45) is 2.80. The first-order valence-corrected chi connectivity index (χ1v) is 7.00. The van der Waals surface area contributed by atoms with E-state index in [1.807, 2.05) is 37.5 Å². The molecule has 0 saturated carbocycles. The van der Waals surface area contributed by atoms with Crippen LogP contribution in [0.3, 0.4) is 0 Å². The smallest absolute Gasteiger partial charge is 0.119 e. The molecule has 0 bridgehead atoms. The lowest BCUT2D eigenvalue weighted by Gasteiger charge is -2.09. The van der Waals surface area contributed by atoms with E-state index in [1.54, 1.807) is 0 Å². The number of aromatic nitrogens is 2. The summed E-state index contributed by atoms with van der Waals surface area (Å²) < 4.78 is 7.86. The highest BCUT2D eigenvalue weighted by Crippen LogP contribution is 2.14. The molecular weight excluding hydrogens is 270 g/mol. The molecule has 1 aromatic heterocycles. The molecule has 2 aromatic rings. The SMILES string of the molecule is Cc1ncn(CCCOc2cccc(C(N)=S)c2)c1C. The fourth-order valence-electron chi connectivity index (χ4n) is 1.93. The standard InChI is InChI=1S/C15H19N3OS/c1-11-12(2)18(10-17-11)7-4-8-19-14-6-3-5-13(9-14)15(16)20/h3,5-6,9-10H,4,7-8H2,1-2H3,(H2,16,20). The van der Waals surface area contributed by atoms with Crippen LogP contribution in [-0.2, 0) is 6.54 Å². The number of aryl methyl sites for hydroxylation is 2. The predicted octanol–water partition coefficient (Wildman–Crippen LogP) is 2.60. The number of rotatable bonds is 6. The lowest BCUT2D eigenvalue weighted by Crippen LogP contribution is -2.09. The van der Waals surface area contributed by atoms with Crippen molar-refractivity contribution in [3.8, 4) is 5.75 Å². The minimum absolute atomic E-state index is 0.389. The van der Waals surface area contributed by atoms with Gasteiger partial charge in [-0.1, -0.05) is 24.4 Å². The van der Waals surface area contributed by atoms with E-state index in [0.717, 1.165) is 30.0 Å². The van der Waals surface area contributed by atoms with Crippen LogP contribution >= 0.6 is 12.2 Å². The molecule has 0 saturated heterocycles. The van der Waals surface area contributed by atoms with Crippen molar-refractivity contribution < 1.29 is 4.74 Å². The molecule has 20 heavy (non-hydrogen) atoms. The number of thiocarbonyl (C=S) groups is 1. The number of imidazole rings is 1. The lowest BCUT2D eigenvalue weighted by atomic mass is 10.2. The number of ether oxygens (including phenoxy) is 1. The molecule has 2 rings (SSSR count). The van der Waals surface area contributed by atoms with Crippen molar-refractivity contribution in [3.63, 3.8) is 0 Å². The lowest BCUT2D eigenvalue weighted by molar-refractivity contribution is 0.301. The summed E-state index contributed by atoms with van der Waals surface area (Å²) in [5.74, 6) is 0.800. The summed E-state index contributed by atoms with van der Waals surface area (Å²) >= 11 is 4.95. The molecule has 0 aliphatic carbocycles. The number of hydrogen-bond acceptors (Lipinski definition) is 3. The first-order valence-electron chi connectivity index (χ1n) is 6.59. The second kappa shape index (κ2) is 6.52. The van der Waals surface area contributed by atoms with Crippen molar-refractivity contribution >= 4 is 17.2 Å². The maximum Gasteiger partial charge on any atom is 0.119 e. The zero-order valence-electron chi connectivity index (χ0n) is 11.8. The number of benzene rings is 1. The molecule has 0 fully saturated rings. The normalized spacial score (nSPS) is 10.5. The first-order chi connectivity index (χ1) is 9.58. The molecule has 1 aromatic carbocycles. The van der Waals surface area contributed by atoms with Gasteiger partial charge in [-0.05, 0) is 32.4 Å². The zero-order chi connectivity index (χ0) is 14.5. The van der Waals surface area contributed by atoms with Crippen LogP contribution in [0.15, 0.2) is 30.6 Å². The van der Waals surface area contributed by atoms with E-state index in [1.165, 1.54) is 5.69 Å². The largest absolute Gasteiger partial charge is 0.494 e. The van der Waals surface area contributed by atoms with E-state index in [-0.39, 0.29) is 0 Å². The maximum atomic E-state index is 5.72. The summed E-state index contributed by atoms with van der Waals surface area (Å²) in [5.41, 5.74) is 8.72. The Bertz CT molecular complexity index is 607. The molecule has 0 aliphatic rings. The topological polar surface area (TPSA) is 53.1 Å². The molecule has 0 atom stereocenters. The van der Waals surface area contributed by atoms with Gasteiger partial charge in [-0.25, -0.2) is 4.98 Å². The van der Waals surface area contributed by atoms with E-state index >= 15 is 0 Å². The Morgan fingerprint density at radius 2 is 2.20 bits per heavy atom. The van der Waals surface area contributed by atoms with Crippen LogP contribution in [0.2, 0.25) is 0 Å². The van der Waals surface area contributed by atoms with Crippen molar-refractivity contribution in [3.05, 3.63) is 47.5 Å². The van der Waals surface area contributed by atoms with Crippen molar-refractivity contribution in [1.82, 2.24) is 9.55 Å². The van der Waals surface area contributed by atoms with E-state index < -0.39 is 0 Å². The summed E-state index contributed by atoms with van der Waals surface area (Å²) in [6.45, 7) is 5.65. The molecule has 0 amide bonds. The molecule has 4 nitrogen and oxygen atoms in total. The van der Waals surface area contributed by atoms with Gasteiger partial charge in [0.25, 0.3) is 0 Å². The fraction of sp³-hybridized carbons (Fsp3) is 0.333. The van der Waals surface area contributed by atoms with Crippen molar-refractivity contribution in [2.45, 2.75) is 26.8 Å². The molecule has 1 heterocycles. The third-order valence-electron chi connectivity index (χ3n) is 3.28. The molecule has 0 spiro atoms. The van der Waals surface area contributed by atoms with E-state index in [0.29, 0.717) is 11.6 Å². The second-order valence-electron chi connectivity index (χ2n) is 4.70. The monoisotopic (exact) mass is 289 g/mol. The van der Waals surface area contributed by atoms with Crippen LogP contribution in [0.1, 0.15) is 23.4 Å². The number of nitrogens with zero attached hydrogens (tertiary/aromatic N) is 2. The molecule has 2 N–H and O–H groups in total. The van der Waals surface area contributed by atoms with Gasteiger partial charge in [0, 0.05) is 17.8 Å². The van der Waals surface area contributed by atoms with Crippen molar-refractivity contribution in [2.75, 3.05) is 6.61 Å². The highest BCUT2D eigenvalue weighted by atomic mass is 32.1. The molecule has 5 heteroatoms. The highest BCUT2D eigenvalue weighted by Gasteiger charge is 2.02. The van der Waals surface area contributed by atoms with Crippen LogP contribution in [0.25, 0.3) is 0 Å². The highest BCUT2D eigenvalue weighted by molar-refractivity contribution is 7.80. The van der Waals surface area contributed by atoms with Gasteiger partial charge in [0.15, 0.2) is 0 Å². The Balaban J connectivity index is 1.83. The maximum absolute atomic E-state index is 5.72. The van der Waals surface area contributed by atoms with E-state index in [2.05, 4.69) is 16.5 Å². The minimum atomic E-state index is 0.389. The van der Waals surface area contributed by atoms with E-state index in [4.69, 9.17) is 22.7 Å². The molecule has 0 unspecified atom stereocenters. The van der Waals surface area contributed by atoms with Gasteiger partial charge in [-0.2, -0.15) is 0 Å². The summed E-state index contributed by atoms with van der Waals surface area (Å²) in [5, 5.41) is 0. The van der Waals surface area contributed by atoms with Gasteiger partial charge in [-0.3, -0.25) is 0 Å². The molecule has 0 aliphatic heterocycles. The quantitative estimate of drug-likeness (QED) is 0.656. The van der Waals surface area contributed by atoms with Crippen LogP contribution in [0, 0.1) is 13.8 Å². The van der Waals surface area contributed by atoms with Crippen molar-refractivity contribution in [2.24, 2.45) is 5.73 Å².